The Hall–Kier alpha value is -0.580. The van der Waals surface area contributed by atoms with Crippen LogP contribution in [-0.2, 0) is 9.47 Å². The molecule has 0 aromatic carbocycles. The molecule has 0 spiro atoms. The molecule has 7 aliphatic carbocycles. The molecule has 0 aromatic rings. The van der Waals surface area contributed by atoms with E-state index in [0.29, 0.717) is 56.8 Å². The Morgan fingerprint density at radius 3 is 1.64 bits per heavy atom. The molecule has 7 aliphatic rings. The third-order valence-corrected chi connectivity index (χ3v) is 14.3. The lowest BCUT2D eigenvalue weighted by molar-refractivity contribution is -0.294. The summed E-state index contributed by atoms with van der Waals surface area (Å²) in [5, 5.41) is 0. The van der Waals surface area contributed by atoms with Gasteiger partial charge in [-0.1, -0.05) is 0 Å². The minimum atomic E-state index is -4.39. The van der Waals surface area contributed by atoms with Gasteiger partial charge < -0.3 is 20.9 Å². The van der Waals surface area contributed by atoms with Crippen molar-refractivity contribution in [3.05, 3.63) is 0 Å². The van der Waals surface area contributed by atoms with Crippen LogP contribution in [0.5, 0.6) is 0 Å². The molecule has 0 aliphatic heterocycles. The number of alkyl halides is 6. The van der Waals surface area contributed by atoms with Gasteiger partial charge in [0.25, 0.3) is 0 Å². The monoisotopic (exact) mass is 634 g/mol. The van der Waals surface area contributed by atoms with Crippen molar-refractivity contribution in [1.82, 2.24) is 0 Å². The number of hydrogen-bond donors (Lipinski definition) is 2. The molecule has 9 atom stereocenters. The molecular formula is C34H52F6N2O2. The highest BCUT2D eigenvalue weighted by atomic mass is 19.4. The first-order chi connectivity index (χ1) is 20.7. The summed E-state index contributed by atoms with van der Waals surface area (Å²) in [4.78, 5) is 0. The minimum absolute atomic E-state index is 0.00207. The van der Waals surface area contributed by atoms with Crippen LogP contribution in [0, 0.1) is 40.4 Å². The van der Waals surface area contributed by atoms with Crippen LogP contribution in [-0.4, -0.2) is 48.3 Å². The molecule has 252 valence electrons. The van der Waals surface area contributed by atoms with Crippen LogP contribution in [0.2, 0.25) is 0 Å². The van der Waals surface area contributed by atoms with Crippen molar-refractivity contribution in [3.8, 4) is 0 Å². The maximum Gasteiger partial charge on any atom is 0.394 e. The van der Waals surface area contributed by atoms with Crippen LogP contribution < -0.4 is 11.5 Å². The molecule has 0 saturated heterocycles. The van der Waals surface area contributed by atoms with E-state index in [2.05, 4.69) is 0 Å². The minimum Gasteiger partial charge on any atom is -0.374 e. The zero-order chi connectivity index (χ0) is 31.1. The van der Waals surface area contributed by atoms with Crippen molar-refractivity contribution in [2.24, 2.45) is 51.9 Å². The lowest BCUT2D eigenvalue weighted by Crippen LogP contribution is -2.64. The Bertz CT molecular complexity index is 1040. The van der Waals surface area contributed by atoms with Crippen molar-refractivity contribution < 1.29 is 35.8 Å². The fraction of sp³-hybridized carbons (Fsp3) is 1.00. The van der Waals surface area contributed by atoms with Crippen LogP contribution >= 0.6 is 0 Å². The number of ether oxygens (including phenoxy) is 2. The van der Waals surface area contributed by atoms with E-state index in [4.69, 9.17) is 20.9 Å². The fourth-order valence-corrected chi connectivity index (χ4v) is 12.3. The van der Waals surface area contributed by atoms with Gasteiger partial charge in [-0.15, -0.1) is 0 Å². The average Bonchev–Trinajstić information content (AvgIpc) is 3.77. The normalized spacial score (nSPS) is 51.3. The van der Waals surface area contributed by atoms with Crippen LogP contribution in [0.3, 0.4) is 0 Å². The first-order valence-corrected chi connectivity index (χ1v) is 17.7. The number of halogens is 6. The quantitative estimate of drug-likeness (QED) is 0.289. The standard InChI is InChI=1S/C34H52F6N2O2/c35-33(36,37)25-15-22(41)1-3-27(25)43-24-9-14-32(31-12-7-21(19-31)8-13-31,29(17-24)30-10-5-20(18-30)6-11-30)44-28-4-2-23(42)16-26(28)34(38,39)40/h20-29H,1-19,41-42H2. The van der Waals surface area contributed by atoms with Gasteiger partial charge in [-0.05, 0) is 151 Å². The maximum atomic E-state index is 14.6. The number of hydrogen-bond acceptors (Lipinski definition) is 4. The van der Waals surface area contributed by atoms with E-state index >= 15 is 0 Å². The third kappa shape index (κ3) is 5.45. The van der Waals surface area contributed by atoms with E-state index in [1.165, 1.54) is 0 Å². The van der Waals surface area contributed by atoms with Crippen molar-refractivity contribution in [2.75, 3.05) is 0 Å². The lowest BCUT2D eigenvalue weighted by Gasteiger charge is -2.62. The topological polar surface area (TPSA) is 70.5 Å². The van der Waals surface area contributed by atoms with E-state index < -0.39 is 54.1 Å². The Labute approximate surface area is 258 Å². The van der Waals surface area contributed by atoms with Gasteiger partial charge >= 0.3 is 12.4 Å². The van der Waals surface area contributed by atoms with Crippen molar-refractivity contribution in [1.29, 1.82) is 0 Å². The van der Waals surface area contributed by atoms with E-state index in [0.717, 1.165) is 64.2 Å². The smallest absolute Gasteiger partial charge is 0.374 e. The number of rotatable bonds is 6. The maximum absolute atomic E-state index is 14.6. The molecule has 0 amide bonds. The first kappa shape index (κ1) is 32.0. The van der Waals surface area contributed by atoms with Gasteiger partial charge in [0.1, 0.15) is 0 Å². The molecule has 4 N–H and O–H groups in total. The second kappa shape index (κ2) is 11.3. The molecule has 7 fully saturated rings. The second-order valence-electron chi connectivity index (χ2n) is 16.5. The van der Waals surface area contributed by atoms with Crippen molar-refractivity contribution in [3.63, 3.8) is 0 Å². The summed E-state index contributed by atoms with van der Waals surface area (Å²) in [6.45, 7) is 0. The Morgan fingerprint density at radius 2 is 1.11 bits per heavy atom. The van der Waals surface area contributed by atoms with Gasteiger partial charge in [0.05, 0.1) is 35.7 Å². The molecule has 0 radical (unpaired) electrons. The second-order valence-corrected chi connectivity index (χ2v) is 16.5. The van der Waals surface area contributed by atoms with Crippen LogP contribution in [0.4, 0.5) is 26.3 Å². The summed E-state index contributed by atoms with van der Waals surface area (Å²) in [6, 6.07) is -0.955. The molecule has 0 heterocycles. The summed E-state index contributed by atoms with van der Waals surface area (Å²) in [5.74, 6) is -1.92. The SMILES string of the molecule is NC1CCC(OC2CCC(OC3CCC(N)CC3C(F)(F)F)(C34CCC(CC3)C4)C(C34CCC(CC3)C4)C2)C(C(F)(F)F)C1. The van der Waals surface area contributed by atoms with E-state index in [1.54, 1.807) is 0 Å². The predicted octanol–water partition coefficient (Wildman–Crippen LogP) is 8.20. The van der Waals surface area contributed by atoms with Gasteiger partial charge in [-0.25, -0.2) is 0 Å². The third-order valence-electron chi connectivity index (χ3n) is 14.3. The highest BCUT2D eigenvalue weighted by Crippen LogP contribution is 2.72. The van der Waals surface area contributed by atoms with Gasteiger partial charge in [-0.2, -0.15) is 26.3 Å². The fourth-order valence-electron chi connectivity index (χ4n) is 12.3. The largest absolute Gasteiger partial charge is 0.394 e. The molecule has 44 heavy (non-hydrogen) atoms. The summed E-state index contributed by atoms with van der Waals surface area (Å²) < 4.78 is 100.0. The van der Waals surface area contributed by atoms with Crippen LogP contribution in [0.15, 0.2) is 0 Å². The van der Waals surface area contributed by atoms with E-state index in [-0.39, 0.29) is 35.7 Å². The van der Waals surface area contributed by atoms with Gasteiger partial charge in [0.2, 0.25) is 0 Å². The van der Waals surface area contributed by atoms with Crippen LogP contribution in [0.25, 0.3) is 0 Å². The van der Waals surface area contributed by atoms with E-state index in [1.807, 2.05) is 0 Å². The molecule has 4 nitrogen and oxygen atoms in total. The first-order valence-electron chi connectivity index (χ1n) is 17.7. The van der Waals surface area contributed by atoms with Crippen molar-refractivity contribution in [2.45, 2.75) is 170 Å². The van der Waals surface area contributed by atoms with Gasteiger partial charge in [0.15, 0.2) is 0 Å². The lowest BCUT2D eigenvalue weighted by atomic mass is 9.50. The molecule has 9 unspecified atom stereocenters. The molecule has 0 aromatic heterocycles. The van der Waals surface area contributed by atoms with Crippen molar-refractivity contribution >= 4 is 0 Å². The highest BCUT2D eigenvalue weighted by molar-refractivity contribution is 5.18. The summed E-state index contributed by atoms with van der Waals surface area (Å²) in [7, 11) is 0. The molecule has 4 bridgehead atoms. The predicted molar refractivity (Wildman–Crippen MR) is 154 cm³/mol. The summed E-state index contributed by atoms with van der Waals surface area (Å²) in [6.07, 6.45) is 2.79. The zero-order valence-electron chi connectivity index (χ0n) is 25.9. The number of nitrogens with two attached hydrogens (primary N) is 2. The Morgan fingerprint density at radius 1 is 0.568 bits per heavy atom. The van der Waals surface area contributed by atoms with Gasteiger partial charge in [0, 0.05) is 12.1 Å². The zero-order valence-corrected chi connectivity index (χ0v) is 25.9. The Balaban J connectivity index is 1.24. The van der Waals surface area contributed by atoms with E-state index in [9.17, 15) is 26.3 Å². The average molecular weight is 635 g/mol. The molecule has 7 rings (SSSR count). The number of fused-ring (bicyclic) bond motifs is 4. The van der Waals surface area contributed by atoms with Crippen LogP contribution in [0.1, 0.15) is 122 Å². The highest BCUT2D eigenvalue weighted by Gasteiger charge is 2.69. The summed E-state index contributed by atoms with van der Waals surface area (Å²) in [5.41, 5.74) is 11.2. The van der Waals surface area contributed by atoms with Gasteiger partial charge in [-0.3, -0.25) is 0 Å². The Kier molecular flexibility index (Phi) is 8.18. The molecular weight excluding hydrogens is 582 g/mol. The molecule has 10 heteroatoms. The molecule has 7 saturated carbocycles. The summed E-state index contributed by atoms with van der Waals surface area (Å²) >= 11 is 0.